The molecule has 0 saturated carbocycles. The number of benzene rings is 1. The number of hydrogen-bond acceptors (Lipinski definition) is 2. The Balaban J connectivity index is 2.32. The molecule has 0 amide bonds. The maximum Gasteiger partial charge on any atom is 0.0588 e. The van der Waals surface area contributed by atoms with Gasteiger partial charge in [-0.3, -0.25) is 0 Å². The molecule has 0 bridgehead atoms. The first kappa shape index (κ1) is 11.0. The summed E-state index contributed by atoms with van der Waals surface area (Å²) in [6.07, 6.45) is 2.78. The Bertz CT molecular complexity index is 266. The fourth-order valence-corrected chi connectivity index (χ4v) is 1.20. The highest BCUT2D eigenvalue weighted by Gasteiger charge is 1.92. The van der Waals surface area contributed by atoms with Crippen molar-refractivity contribution in [1.29, 1.82) is 0 Å². The molecule has 0 saturated heterocycles. The average molecular weight is 191 g/mol. The van der Waals surface area contributed by atoms with Crippen molar-refractivity contribution in [1.82, 2.24) is 0 Å². The van der Waals surface area contributed by atoms with E-state index in [1.807, 2.05) is 6.08 Å². The van der Waals surface area contributed by atoms with E-state index in [0.29, 0.717) is 13.2 Å². The predicted octanol–water partition coefficient (Wildman–Crippen LogP) is 1.85. The number of hydrogen-bond donors (Lipinski definition) is 1. The van der Waals surface area contributed by atoms with E-state index in [0.717, 1.165) is 18.6 Å². The first-order valence-electron chi connectivity index (χ1n) is 4.86. The van der Waals surface area contributed by atoms with Gasteiger partial charge in [0.1, 0.15) is 0 Å². The van der Waals surface area contributed by atoms with Crippen LogP contribution in [0.1, 0.15) is 11.1 Å². The van der Waals surface area contributed by atoms with Crippen LogP contribution in [0.15, 0.2) is 30.8 Å². The molecule has 2 nitrogen and oxygen atoms in total. The topological polar surface area (TPSA) is 35.2 Å². The lowest BCUT2D eigenvalue weighted by Gasteiger charge is -2.03. The maximum absolute atomic E-state index is 5.31. The van der Waals surface area contributed by atoms with Crippen molar-refractivity contribution < 1.29 is 4.74 Å². The Hall–Kier alpha value is -1.12. The van der Waals surface area contributed by atoms with Gasteiger partial charge in [0, 0.05) is 6.54 Å². The molecule has 14 heavy (non-hydrogen) atoms. The molecule has 0 aliphatic heterocycles. The van der Waals surface area contributed by atoms with Crippen LogP contribution < -0.4 is 5.73 Å². The monoisotopic (exact) mass is 191 g/mol. The van der Waals surface area contributed by atoms with E-state index in [4.69, 9.17) is 10.5 Å². The Labute approximate surface area is 85.4 Å². The van der Waals surface area contributed by atoms with Crippen molar-refractivity contribution in [3.63, 3.8) is 0 Å². The number of rotatable bonds is 6. The number of nitrogens with two attached hydrogens (primary N) is 1. The molecule has 1 rings (SSSR count). The van der Waals surface area contributed by atoms with E-state index in [1.54, 1.807) is 0 Å². The van der Waals surface area contributed by atoms with Crippen molar-refractivity contribution in [3.8, 4) is 0 Å². The largest absolute Gasteiger partial charge is 0.380 e. The minimum atomic E-state index is 0.593. The summed E-state index contributed by atoms with van der Waals surface area (Å²) >= 11 is 0. The van der Waals surface area contributed by atoms with E-state index in [-0.39, 0.29) is 0 Å². The molecule has 0 heterocycles. The molecular weight excluding hydrogens is 174 g/mol. The van der Waals surface area contributed by atoms with Gasteiger partial charge in [0.05, 0.1) is 13.2 Å². The van der Waals surface area contributed by atoms with Crippen molar-refractivity contribution in [2.24, 2.45) is 5.73 Å². The first-order chi connectivity index (χ1) is 6.86. The number of ether oxygens (including phenoxy) is 1. The molecule has 0 fully saturated rings. The van der Waals surface area contributed by atoms with E-state index in [9.17, 15) is 0 Å². The van der Waals surface area contributed by atoms with Gasteiger partial charge >= 0.3 is 0 Å². The summed E-state index contributed by atoms with van der Waals surface area (Å²) in [5.74, 6) is 0. The predicted molar refractivity (Wildman–Crippen MR) is 60.1 cm³/mol. The molecule has 0 aliphatic rings. The zero-order valence-electron chi connectivity index (χ0n) is 8.41. The second kappa shape index (κ2) is 6.35. The Morgan fingerprint density at radius 2 is 1.93 bits per heavy atom. The molecule has 0 aromatic heterocycles. The molecule has 0 atom stereocenters. The van der Waals surface area contributed by atoms with Crippen LogP contribution in [-0.2, 0) is 11.2 Å². The van der Waals surface area contributed by atoms with Gasteiger partial charge in [-0.1, -0.05) is 36.9 Å². The molecule has 2 heteroatoms. The molecule has 2 N–H and O–H groups in total. The smallest absolute Gasteiger partial charge is 0.0588 e. The third-order valence-corrected chi connectivity index (χ3v) is 2.01. The summed E-state index contributed by atoms with van der Waals surface area (Å²) in [7, 11) is 0. The highest BCUT2D eigenvalue weighted by Crippen LogP contribution is 2.05. The summed E-state index contributed by atoms with van der Waals surface area (Å²) in [6, 6.07) is 8.32. The van der Waals surface area contributed by atoms with Crippen LogP contribution in [0.4, 0.5) is 0 Å². The van der Waals surface area contributed by atoms with Crippen LogP contribution >= 0.6 is 0 Å². The molecule has 0 unspecified atom stereocenters. The Kier molecular flexibility index (Phi) is 4.97. The summed E-state index contributed by atoms with van der Waals surface area (Å²) in [6.45, 7) is 5.69. The fraction of sp³-hybridized carbons (Fsp3) is 0.333. The lowest BCUT2D eigenvalue weighted by atomic mass is 10.1. The van der Waals surface area contributed by atoms with Gasteiger partial charge in [-0.15, -0.1) is 0 Å². The summed E-state index contributed by atoms with van der Waals surface area (Å²) in [5, 5.41) is 0. The van der Waals surface area contributed by atoms with Gasteiger partial charge in [0.15, 0.2) is 0 Å². The van der Waals surface area contributed by atoms with E-state index in [2.05, 4.69) is 30.8 Å². The standard InChI is InChI=1S/C12H17NO/c1-2-11-3-5-12(6-4-11)7-9-14-10-8-13/h2-6H,1,7-10,13H2. The van der Waals surface area contributed by atoms with Crippen molar-refractivity contribution >= 4 is 6.08 Å². The van der Waals surface area contributed by atoms with E-state index < -0.39 is 0 Å². The third kappa shape index (κ3) is 3.73. The minimum Gasteiger partial charge on any atom is -0.380 e. The highest BCUT2D eigenvalue weighted by molar-refractivity contribution is 5.47. The molecule has 0 aliphatic carbocycles. The molecule has 1 aromatic rings. The zero-order chi connectivity index (χ0) is 10.2. The van der Waals surface area contributed by atoms with E-state index in [1.165, 1.54) is 5.56 Å². The Morgan fingerprint density at radius 3 is 2.50 bits per heavy atom. The summed E-state index contributed by atoms with van der Waals surface area (Å²) in [4.78, 5) is 0. The van der Waals surface area contributed by atoms with Crippen LogP contribution in [0.25, 0.3) is 6.08 Å². The SMILES string of the molecule is C=Cc1ccc(CCOCCN)cc1. The Morgan fingerprint density at radius 1 is 1.21 bits per heavy atom. The van der Waals surface area contributed by atoms with Gasteiger partial charge in [-0.25, -0.2) is 0 Å². The van der Waals surface area contributed by atoms with Crippen LogP contribution in [0.3, 0.4) is 0 Å². The van der Waals surface area contributed by atoms with Crippen molar-refractivity contribution in [2.45, 2.75) is 6.42 Å². The lowest BCUT2D eigenvalue weighted by molar-refractivity contribution is 0.145. The average Bonchev–Trinajstić information content (AvgIpc) is 2.25. The maximum atomic E-state index is 5.31. The van der Waals surface area contributed by atoms with Crippen molar-refractivity contribution in [3.05, 3.63) is 42.0 Å². The van der Waals surface area contributed by atoms with Gasteiger partial charge in [0.2, 0.25) is 0 Å². The molecular formula is C12H17NO. The van der Waals surface area contributed by atoms with Gasteiger partial charge in [-0.05, 0) is 17.5 Å². The van der Waals surface area contributed by atoms with Crippen LogP contribution in [0.5, 0.6) is 0 Å². The molecule has 0 spiro atoms. The van der Waals surface area contributed by atoms with Crippen molar-refractivity contribution in [2.75, 3.05) is 19.8 Å². The first-order valence-corrected chi connectivity index (χ1v) is 4.86. The van der Waals surface area contributed by atoms with Crippen LogP contribution in [-0.4, -0.2) is 19.8 Å². The highest BCUT2D eigenvalue weighted by atomic mass is 16.5. The fourth-order valence-electron chi connectivity index (χ4n) is 1.20. The van der Waals surface area contributed by atoms with E-state index >= 15 is 0 Å². The quantitative estimate of drug-likeness (QED) is 0.696. The van der Waals surface area contributed by atoms with Gasteiger partial charge in [0.25, 0.3) is 0 Å². The molecule has 0 radical (unpaired) electrons. The third-order valence-electron chi connectivity index (χ3n) is 2.01. The second-order valence-electron chi connectivity index (χ2n) is 3.10. The summed E-state index contributed by atoms with van der Waals surface area (Å²) in [5.41, 5.74) is 7.74. The van der Waals surface area contributed by atoms with Crippen LogP contribution in [0, 0.1) is 0 Å². The molecule has 76 valence electrons. The second-order valence-corrected chi connectivity index (χ2v) is 3.10. The lowest BCUT2D eigenvalue weighted by Crippen LogP contribution is -2.10. The van der Waals surface area contributed by atoms with Gasteiger partial charge in [-0.2, -0.15) is 0 Å². The van der Waals surface area contributed by atoms with Gasteiger partial charge < -0.3 is 10.5 Å². The van der Waals surface area contributed by atoms with Crippen LogP contribution in [0.2, 0.25) is 0 Å². The zero-order valence-corrected chi connectivity index (χ0v) is 8.41. The summed E-state index contributed by atoms with van der Waals surface area (Å²) < 4.78 is 5.30. The molecule has 1 aromatic carbocycles. The minimum absolute atomic E-state index is 0.593. The normalized spacial score (nSPS) is 10.1.